The molecule has 2 aromatic carbocycles. The average molecular weight is 430 g/mol. The summed E-state index contributed by atoms with van der Waals surface area (Å²) in [6.45, 7) is 0. The molecule has 0 radical (unpaired) electrons. The first-order valence-electron chi connectivity index (χ1n) is 10.8. The second kappa shape index (κ2) is 8.51. The number of aliphatic hydroxyl groups is 1. The van der Waals surface area contributed by atoms with Gasteiger partial charge in [-0.2, -0.15) is 0 Å². The molecule has 32 heavy (non-hydrogen) atoms. The van der Waals surface area contributed by atoms with Crippen LogP contribution in [0.1, 0.15) is 42.1 Å². The Hall–Kier alpha value is -3.58. The zero-order valence-corrected chi connectivity index (χ0v) is 17.4. The van der Waals surface area contributed by atoms with E-state index in [9.17, 15) is 14.3 Å². The van der Waals surface area contributed by atoms with Crippen LogP contribution in [0.25, 0.3) is 22.3 Å². The van der Waals surface area contributed by atoms with Gasteiger partial charge in [0, 0.05) is 23.4 Å². The van der Waals surface area contributed by atoms with Crippen molar-refractivity contribution in [3.05, 3.63) is 78.2 Å². The molecule has 2 N–H and O–H groups in total. The molecule has 1 amide bonds. The van der Waals surface area contributed by atoms with Gasteiger partial charge in [-0.3, -0.25) is 15.1 Å². The van der Waals surface area contributed by atoms with E-state index in [1.807, 2.05) is 24.3 Å². The number of hydrogen-bond acceptors (Lipinski definition) is 4. The first-order chi connectivity index (χ1) is 15.6. The Labute approximate surface area is 184 Å². The Bertz CT molecular complexity index is 1280. The third-order valence-corrected chi connectivity index (χ3v) is 6.02. The van der Waals surface area contributed by atoms with Crippen molar-refractivity contribution in [2.24, 2.45) is 0 Å². The van der Waals surface area contributed by atoms with Crippen LogP contribution in [0.15, 0.2) is 66.9 Å². The van der Waals surface area contributed by atoms with Gasteiger partial charge in [0.25, 0.3) is 5.91 Å². The van der Waals surface area contributed by atoms with Crippen molar-refractivity contribution >= 4 is 22.9 Å². The summed E-state index contributed by atoms with van der Waals surface area (Å²) in [6.07, 6.45) is 4.31. The van der Waals surface area contributed by atoms with Crippen molar-refractivity contribution in [1.82, 2.24) is 14.5 Å². The number of carbonyl (C=O) groups is 1. The second-order valence-corrected chi connectivity index (χ2v) is 8.12. The lowest BCUT2D eigenvalue weighted by Crippen LogP contribution is -2.23. The van der Waals surface area contributed by atoms with Crippen LogP contribution in [0, 0.1) is 5.82 Å². The van der Waals surface area contributed by atoms with Crippen LogP contribution in [0.3, 0.4) is 0 Å². The van der Waals surface area contributed by atoms with Crippen LogP contribution in [-0.2, 0) is 0 Å². The van der Waals surface area contributed by atoms with E-state index in [-0.39, 0.29) is 23.9 Å². The lowest BCUT2D eigenvalue weighted by atomic mass is 9.93. The molecule has 0 atom stereocenters. The van der Waals surface area contributed by atoms with Crippen LogP contribution >= 0.6 is 0 Å². The third-order valence-electron chi connectivity index (χ3n) is 6.02. The van der Waals surface area contributed by atoms with E-state index in [4.69, 9.17) is 0 Å². The van der Waals surface area contributed by atoms with Crippen LogP contribution in [-0.4, -0.2) is 31.7 Å². The lowest BCUT2D eigenvalue weighted by Gasteiger charge is -2.28. The number of nitrogens with zero attached hydrogens (tertiary/aromatic N) is 3. The lowest BCUT2D eigenvalue weighted by molar-refractivity contribution is 0.102. The monoisotopic (exact) mass is 430 g/mol. The number of aromatic nitrogens is 3. The Balaban J connectivity index is 1.47. The summed E-state index contributed by atoms with van der Waals surface area (Å²) in [6, 6.07) is 17.5. The predicted molar refractivity (Wildman–Crippen MR) is 121 cm³/mol. The normalized spacial score (nSPS) is 18.6. The first kappa shape index (κ1) is 20.3. The van der Waals surface area contributed by atoms with Crippen molar-refractivity contribution in [3.63, 3.8) is 0 Å². The molecule has 0 saturated heterocycles. The van der Waals surface area contributed by atoms with E-state index < -0.39 is 0 Å². The third kappa shape index (κ3) is 3.87. The number of nitrogens with one attached hydrogen (secondary N) is 1. The maximum absolute atomic E-state index is 14.2. The van der Waals surface area contributed by atoms with Crippen molar-refractivity contribution in [2.45, 2.75) is 37.8 Å². The van der Waals surface area contributed by atoms with E-state index in [1.54, 1.807) is 30.3 Å². The van der Waals surface area contributed by atoms with Gasteiger partial charge in [0.2, 0.25) is 5.95 Å². The number of rotatable bonds is 4. The van der Waals surface area contributed by atoms with Gasteiger partial charge in [-0.15, -0.1) is 0 Å². The highest BCUT2D eigenvalue weighted by atomic mass is 19.1. The van der Waals surface area contributed by atoms with Gasteiger partial charge in [0.15, 0.2) is 0 Å². The number of amides is 1. The second-order valence-electron chi connectivity index (χ2n) is 8.12. The van der Waals surface area contributed by atoms with Gasteiger partial charge in [0.1, 0.15) is 5.82 Å². The van der Waals surface area contributed by atoms with Crippen molar-refractivity contribution in [3.8, 4) is 11.3 Å². The molecular formula is C25H23FN4O2. The van der Waals surface area contributed by atoms with Crippen molar-refractivity contribution < 1.29 is 14.3 Å². The van der Waals surface area contributed by atoms with Gasteiger partial charge >= 0.3 is 0 Å². The number of fused-ring (bicyclic) bond motifs is 1. The van der Waals surface area contributed by atoms with Gasteiger partial charge in [-0.1, -0.05) is 24.3 Å². The number of anilines is 1. The first-order valence-corrected chi connectivity index (χ1v) is 10.8. The van der Waals surface area contributed by atoms with E-state index in [2.05, 4.69) is 19.9 Å². The van der Waals surface area contributed by atoms with Crippen molar-refractivity contribution in [2.75, 3.05) is 5.32 Å². The average Bonchev–Trinajstić information content (AvgIpc) is 3.18. The maximum atomic E-state index is 14.2. The minimum atomic E-state index is -0.390. The SMILES string of the molecule is O=C(Nc1nc2ccccc2n1C1CCC(O)CC1)c1ccnc(-c2ccccc2F)c1. The highest BCUT2D eigenvalue weighted by molar-refractivity contribution is 6.04. The molecular weight excluding hydrogens is 407 g/mol. The summed E-state index contributed by atoms with van der Waals surface area (Å²) in [7, 11) is 0. The smallest absolute Gasteiger partial charge is 0.258 e. The van der Waals surface area contributed by atoms with E-state index >= 15 is 0 Å². The van der Waals surface area contributed by atoms with Gasteiger partial charge in [0.05, 0.1) is 22.8 Å². The van der Waals surface area contributed by atoms with E-state index in [1.165, 1.54) is 12.3 Å². The summed E-state index contributed by atoms with van der Waals surface area (Å²) in [5.74, 6) is -0.252. The molecule has 1 saturated carbocycles. The molecule has 4 aromatic rings. The van der Waals surface area contributed by atoms with Gasteiger partial charge < -0.3 is 9.67 Å². The number of aliphatic hydroxyl groups excluding tert-OH is 1. The Morgan fingerprint density at radius 3 is 2.59 bits per heavy atom. The molecule has 5 rings (SSSR count). The maximum Gasteiger partial charge on any atom is 0.258 e. The molecule has 0 spiro atoms. The predicted octanol–water partition coefficient (Wildman–Crippen LogP) is 4.97. The molecule has 0 unspecified atom stereocenters. The molecule has 0 bridgehead atoms. The van der Waals surface area contributed by atoms with Gasteiger partial charge in [-0.05, 0) is 62.1 Å². The largest absolute Gasteiger partial charge is 0.393 e. The van der Waals surface area contributed by atoms with E-state index in [0.29, 0.717) is 22.8 Å². The standard InChI is InChI=1S/C25H23FN4O2/c26-20-6-2-1-5-19(20)22-15-16(13-14-27-22)24(32)29-25-28-21-7-3-4-8-23(21)30(25)17-9-11-18(31)12-10-17/h1-8,13-15,17-18,31H,9-12H2,(H,28,29,32). The topological polar surface area (TPSA) is 80.0 Å². The zero-order chi connectivity index (χ0) is 22.1. The summed E-state index contributed by atoms with van der Waals surface area (Å²) in [5, 5.41) is 12.9. The van der Waals surface area contributed by atoms with Crippen LogP contribution in [0.5, 0.6) is 0 Å². The van der Waals surface area contributed by atoms with Crippen LogP contribution in [0.2, 0.25) is 0 Å². The fourth-order valence-corrected chi connectivity index (χ4v) is 4.38. The number of pyridine rings is 1. The molecule has 7 heteroatoms. The molecule has 0 aliphatic heterocycles. The minimum Gasteiger partial charge on any atom is -0.393 e. The molecule has 162 valence electrons. The highest BCUT2D eigenvalue weighted by Gasteiger charge is 2.25. The Kier molecular flexibility index (Phi) is 5.41. The Morgan fingerprint density at radius 2 is 1.78 bits per heavy atom. The fraction of sp³-hybridized carbons (Fsp3) is 0.240. The molecule has 2 aromatic heterocycles. The molecule has 1 aliphatic rings. The van der Waals surface area contributed by atoms with E-state index in [0.717, 1.165) is 36.7 Å². The number of halogens is 1. The highest BCUT2D eigenvalue weighted by Crippen LogP contribution is 2.34. The van der Waals surface area contributed by atoms with Crippen LogP contribution in [0.4, 0.5) is 10.3 Å². The molecule has 2 heterocycles. The summed E-state index contributed by atoms with van der Waals surface area (Å²) in [4.78, 5) is 22.0. The Morgan fingerprint density at radius 1 is 1.03 bits per heavy atom. The number of para-hydroxylation sites is 2. The number of hydrogen-bond donors (Lipinski definition) is 2. The van der Waals surface area contributed by atoms with Gasteiger partial charge in [-0.25, -0.2) is 9.37 Å². The fourth-order valence-electron chi connectivity index (χ4n) is 4.38. The summed E-state index contributed by atoms with van der Waals surface area (Å²) in [5.41, 5.74) is 2.86. The molecule has 1 aliphatic carbocycles. The molecule has 1 fully saturated rings. The van der Waals surface area contributed by atoms with Crippen LogP contribution < -0.4 is 5.32 Å². The minimum absolute atomic E-state index is 0.146. The zero-order valence-electron chi connectivity index (χ0n) is 17.4. The number of benzene rings is 2. The van der Waals surface area contributed by atoms with Crippen molar-refractivity contribution in [1.29, 1.82) is 0 Å². The quantitative estimate of drug-likeness (QED) is 0.479. The summed E-state index contributed by atoms with van der Waals surface area (Å²) >= 11 is 0. The molecule has 6 nitrogen and oxygen atoms in total. The number of carbonyl (C=O) groups excluding carboxylic acids is 1. The summed E-state index contributed by atoms with van der Waals surface area (Å²) < 4.78 is 16.3. The number of imidazole rings is 1.